The predicted molar refractivity (Wildman–Crippen MR) is 110 cm³/mol. The minimum absolute atomic E-state index is 0.0792. The SMILES string of the molecule is Cc1c(Cl)c(C(F)(F)F)nn1CCC(=O)Nc1ccc(S(=O)(=O)Nc2ncccn2)cc1. The van der Waals surface area contributed by atoms with Gasteiger partial charge in [0.05, 0.1) is 22.2 Å². The molecule has 0 fully saturated rings. The van der Waals surface area contributed by atoms with Crippen LogP contribution >= 0.6 is 11.6 Å². The van der Waals surface area contributed by atoms with Crippen LogP contribution in [0.25, 0.3) is 0 Å². The number of hydrogen-bond donors (Lipinski definition) is 2. The highest BCUT2D eigenvalue weighted by Gasteiger charge is 2.38. The zero-order valence-corrected chi connectivity index (χ0v) is 18.0. The summed E-state index contributed by atoms with van der Waals surface area (Å²) in [5.74, 6) is -0.594. The molecule has 0 saturated carbocycles. The molecule has 0 atom stereocenters. The number of halogens is 4. The number of nitrogens with zero attached hydrogens (tertiary/aromatic N) is 4. The average molecular weight is 489 g/mol. The number of anilines is 2. The van der Waals surface area contributed by atoms with Crippen molar-refractivity contribution in [3.8, 4) is 0 Å². The summed E-state index contributed by atoms with van der Waals surface area (Å²) in [5.41, 5.74) is -0.809. The Morgan fingerprint density at radius 3 is 2.34 bits per heavy atom. The Morgan fingerprint density at radius 1 is 1.16 bits per heavy atom. The van der Waals surface area contributed by atoms with Gasteiger partial charge in [-0.2, -0.15) is 18.3 Å². The number of nitrogens with one attached hydrogen (secondary N) is 2. The van der Waals surface area contributed by atoms with E-state index in [1.165, 1.54) is 49.6 Å². The van der Waals surface area contributed by atoms with Gasteiger partial charge in [0.2, 0.25) is 11.9 Å². The summed E-state index contributed by atoms with van der Waals surface area (Å²) in [6.45, 7) is 1.25. The van der Waals surface area contributed by atoms with Crippen LogP contribution in [0.3, 0.4) is 0 Å². The fraction of sp³-hybridized carbons (Fsp3) is 0.222. The summed E-state index contributed by atoms with van der Waals surface area (Å²) in [7, 11) is -3.93. The molecule has 3 rings (SSSR count). The molecule has 1 aromatic carbocycles. The Labute approximate surface area is 185 Å². The number of amides is 1. The molecule has 0 bridgehead atoms. The average Bonchev–Trinajstić information content (AvgIpc) is 3.02. The van der Waals surface area contributed by atoms with E-state index in [1.54, 1.807) is 0 Å². The zero-order valence-electron chi connectivity index (χ0n) is 16.4. The monoisotopic (exact) mass is 488 g/mol. The fourth-order valence-corrected chi connectivity index (χ4v) is 3.80. The highest BCUT2D eigenvalue weighted by atomic mass is 35.5. The van der Waals surface area contributed by atoms with Crippen molar-refractivity contribution in [2.75, 3.05) is 10.0 Å². The van der Waals surface area contributed by atoms with Crippen LogP contribution in [0, 0.1) is 6.92 Å². The Morgan fingerprint density at radius 2 is 1.78 bits per heavy atom. The molecule has 170 valence electrons. The topological polar surface area (TPSA) is 119 Å². The van der Waals surface area contributed by atoms with Gasteiger partial charge in [-0.05, 0) is 37.3 Å². The number of alkyl halides is 3. The van der Waals surface area contributed by atoms with Crippen LogP contribution < -0.4 is 10.0 Å². The van der Waals surface area contributed by atoms with Crippen LogP contribution in [-0.2, 0) is 27.5 Å². The van der Waals surface area contributed by atoms with E-state index in [9.17, 15) is 26.4 Å². The molecule has 3 aromatic rings. The lowest BCUT2D eigenvalue weighted by Crippen LogP contribution is -2.17. The maximum absolute atomic E-state index is 12.9. The highest BCUT2D eigenvalue weighted by Crippen LogP contribution is 2.35. The maximum atomic E-state index is 12.9. The van der Waals surface area contributed by atoms with E-state index < -0.39 is 32.8 Å². The molecule has 0 spiro atoms. The van der Waals surface area contributed by atoms with E-state index in [-0.39, 0.29) is 29.5 Å². The fourth-order valence-electron chi connectivity index (χ4n) is 2.60. The maximum Gasteiger partial charge on any atom is 0.436 e. The van der Waals surface area contributed by atoms with Gasteiger partial charge in [-0.15, -0.1) is 0 Å². The number of benzene rings is 1. The number of carbonyl (C=O) groups is 1. The van der Waals surface area contributed by atoms with Crippen molar-refractivity contribution in [3.05, 3.63) is 59.1 Å². The molecule has 0 unspecified atom stereocenters. The third kappa shape index (κ3) is 5.53. The number of aromatic nitrogens is 4. The van der Waals surface area contributed by atoms with Gasteiger partial charge in [-0.25, -0.2) is 23.1 Å². The Kier molecular flexibility index (Phi) is 6.69. The smallest absolute Gasteiger partial charge is 0.326 e. The van der Waals surface area contributed by atoms with E-state index >= 15 is 0 Å². The summed E-state index contributed by atoms with van der Waals surface area (Å²) < 4.78 is 66.5. The van der Waals surface area contributed by atoms with Crippen LogP contribution in [0.15, 0.2) is 47.6 Å². The normalized spacial score (nSPS) is 11.9. The first kappa shape index (κ1) is 23.5. The van der Waals surface area contributed by atoms with Gasteiger partial charge in [0.1, 0.15) is 0 Å². The molecule has 14 heteroatoms. The summed E-state index contributed by atoms with van der Waals surface area (Å²) >= 11 is 5.68. The molecule has 0 aliphatic rings. The van der Waals surface area contributed by atoms with Crippen LogP contribution in [0.5, 0.6) is 0 Å². The predicted octanol–water partition coefficient (Wildman–Crippen LogP) is 3.48. The van der Waals surface area contributed by atoms with Crippen LogP contribution in [-0.4, -0.2) is 34.1 Å². The van der Waals surface area contributed by atoms with Crippen LogP contribution in [0.4, 0.5) is 24.8 Å². The van der Waals surface area contributed by atoms with E-state index in [4.69, 9.17) is 11.6 Å². The van der Waals surface area contributed by atoms with Gasteiger partial charge in [0, 0.05) is 24.5 Å². The molecular formula is C18H16ClF3N6O3S. The van der Waals surface area contributed by atoms with E-state index in [0.717, 1.165) is 4.68 Å². The molecule has 32 heavy (non-hydrogen) atoms. The second kappa shape index (κ2) is 9.12. The molecule has 2 heterocycles. The van der Waals surface area contributed by atoms with Crippen molar-refractivity contribution < 1.29 is 26.4 Å². The van der Waals surface area contributed by atoms with Crippen LogP contribution in [0.2, 0.25) is 5.02 Å². The van der Waals surface area contributed by atoms with Gasteiger partial charge in [-0.3, -0.25) is 9.48 Å². The van der Waals surface area contributed by atoms with E-state index in [2.05, 4.69) is 25.1 Å². The van der Waals surface area contributed by atoms with Gasteiger partial charge >= 0.3 is 6.18 Å². The molecule has 9 nitrogen and oxygen atoms in total. The Bertz CT molecular complexity index is 1220. The minimum Gasteiger partial charge on any atom is -0.326 e. The lowest BCUT2D eigenvalue weighted by molar-refractivity contribution is -0.141. The quantitative estimate of drug-likeness (QED) is 0.525. The van der Waals surface area contributed by atoms with Crippen molar-refractivity contribution >= 4 is 39.2 Å². The molecular weight excluding hydrogens is 473 g/mol. The van der Waals surface area contributed by atoms with Crippen molar-refractivity contribution in [3.63, 3.8) is 0 Å². The Balaban J connectivity index is 1.61. The zero-order chi connectivity index (χ0) is 23.5. The van der Waals surface area contributed by atoms with E-state index in [1.807, 2.05) is 0 Å². The van der Waals surface area contributed by atoms with Gasteiger partial charge in [-0.1, -0.05) is 11.6 Å². The van der Waals surface area contributed by atoms with Crippen molar-refractivity contribution in [1.29, 1.82) is 0 Å². The van der Waals surface area contributed by atoms with Crippen molar-refractivity contribution in [2.24, 2.45) is 0 Å². The standard InChI is InChI=1S/C18H16ClF3N6O3S/c1-11-15(19)16(18(20,21)22)26-28(11)10-7-14(29)25-12-3-5-13(6-4-12)32(30,31)27-17-23-8-2-9-24-17/h2-6,8-9H,7,10H2,1H3,(H,25,29)(H,23,24,27). The first-order valence-corrected chi connectivity index (χ1v) is 10.8. The molecule has 2 aromatic heterocycles. The third-order valence-electron chi connectivity index (χ3n) is 4.19. The first-order chi connectivity index (χ1) is 15.0. The van der Waals surface area contributed by atoms with Gasteiger partial charge in [0.15, 0.2) is 5.69 Å². The van der Waals surface area contributed by atoms with E-state index in [0.29, 0.717) is 5.69 Å². The number of hydrogen-bond acceptors (Lipinski definition) is 6. The summed E-state index contributed by atoms with van der Waals surface area (Å²) in [6, 6.07) is 6.82. The molecule has 0 radical (unpaired) electrons. The number of aryl methyl sites for hydroxylation is 1. The van der Waals surface area contributed by atoms with Crippen LogP contribution in [0.1, 0.15) is 17.8 Å². The number of carbonyl (C=O) groups excluding carboxylic acids is 1. The largest absolute Gasteiger partial charge is 0.436 e. The second-order valence-corrected chi connectivity index (χ2v) is 8.53. The van der Waals surface area contributed by atoms with Crippen molar-refractivity contribution in [1.82, 2.24) is 19.7 Å². The number of rotatable bonds is 7. The summed E-state index contributed by atoms with van der Waals surface area (Å²) in [5, 5.41) is 5.45. The Hall–Kier alpha value is -3.19. The lowest BCUT2D eigenvalue weighted by Gasteiger charge is -2.09. The summed E-state index contributed by atoms with van der Waals surface area (Å²) in [6.07, 6.45) is -2.11. The molecule has 1 amide bonds. The molecule has 0 saturated heterocycles. The van der Waals surface area contributed by atoms with Gasteiger partial charge < -0.3 is 5.32 Å². The minimum atomic E-state index is -4.70. The third-order valence-corrected chi connectivity index (χ3v) is 5.99. The number of sulfonamides is 1. The molecule has 0 aliphatic heterocycles. The molecule has 0 aliphatic carbocycles. The highest BCUT2D eigenvalue weighted by molar-refractivity contribution is 7.92. The summed E-state index contributed by atoms with van der Waals surface area (Å²) in [4.78, 5) is 19.6. The second-order valence-electron chi connectivity index (χ2n) is 6.47. The van der Waals surface area contributed by atoms with Crippen molar-refractivity contribution in [2.45, 2.75) is 31.0 Å². The van der Waals surface area contributed by atoms with Gasteiger partial charge in [0.25, 0.3) is 10.0 Å². The first-order valence-electron chi connectivity index (χ1n) is 8.97. The molecule has 2 N–H and O–H groups in total. The lowest BCUT2D eigenvalue weighted by atomic mass is 10.3.